The van der Waals surface area contributed by atoms with E-state index >= 15 is 0 Å². The molecule has 3 heterocycles. The second kappa shape index (κ2) is 11.1. The minimum atomic E-state index is -0.150. The molecule has 9 heteroatoms. The Morgan fingerprint density at radius 1 is 1.06 bits per heavy atom. The van der Waals surface area contributed by atoms with Gasteiger partial charge in [-0.05, 0) is 91.1 Å². The first-order valence-corrected chi connectivity index (χ1v) is 16.5. The van der Waals surface area contributed by atoms with E-state index in [0.29, 0.717) is 23.1 Å². The third kappa shape index (κ3) is 4.83. The average molecular weight is 629 g/mol. The van der Waals surface area contributed by atoms with Crippen LogP contribution in [0, 0.1) is 11.8 Å². The van der Waals surface area contributed by atoms with Gasteiger partial charge in [0, 0.05) is 61.4 Å². The maximum absolute atomic E-state index is 13.8. The minimum absolute atomic E-state index is 0.000416. The van der Waals surface area contributed by atoms with Crippen molar-refractivity contribution in [1.29, 1.82) is 0 Å². The van der Waals surface area contributed by atoms with E-state index in [1.54, 1.807) is 19.1 Å². The highest BCUT2D eigenvalue weighted by atomic mass is 16.5. The monoisotopic (exact) mass is 628 g/mol. The van der Waals surface area contributed by atoms with Crippen LogP contribution in [-0.4, -0.2) is 63.6 Å². The highest BCUT2D eigenvalue weighted by molar-refractivity contribution is 6.02. The molecule has 0 spiro atoms. The molecule has 3 atom stereocenters. The van der Waals surface area contributed by atoms with Crippen LogP contribution in [0.4, 0.5) is 5.69 Å². The fourth-order valence-corrected chi connectivity index (χ4v) is 7.80. The predicted molar refractivity (Wildman–Crippen MR) is 185 cm³/mol. The van der Waals surface area contributed by atoms with Gasteiger partial charge >= 0.3 is 0 Å². The molecular formula is C38H40N6O3. The van der Waals surface area contributed by atoms with Gasteiger partial charge in [0.25, 0.3) is 5.91 Å². The van der Waals surface area contributed by atoms with Crippen LogP contribution in [-0.2, 0) is 18.4 Å². The lowest BCUT2D eigenvalue weighted by atomic mass is 10.0. The number of likely N-dealkylation sites (N-methyl/N-ethyl adjacent to an activating group) is 1. The third-order valence-corrected chi connectivity index (χ3v) is 10.7. The number of carbonyl (C=O) groups excluding carboxylic acids is 2. The lowest BCUT2D eigenvalue weighted by Gasteiger charge is -2.27. The van der Waals surface area contributed by atoms with Gasteiger partial charge in [0.15, 0.2) is 5.82 Å². The number of aromatic nitrogens is 3. The summed E-state index contributed by atoms with van der Waals surface area (Å²) in [5, 5.41) is 1.13. The largest absolute Gasteiger partial charge is 0.494 e. The number of imidazole rings is 1. The van der Waals surface area contributed by atoms with E-state index in [9.17, 15) is 9.59 Å². The van der Waals surface area contributed by atoms with Gasteiger partial charge in [0.1, 0.15) is 11.3 Å². The van der Waals surface area contributed by atoms with Crippen LogP contribution in [0.3, 0.4) is 0 Å². The van der Waals surface area contributed by atoms with Crippen LogP contribution in [0.25, 0.3) is 44.6 Å². The van der Waals surface area contributed by atoms with E-state index in [-0.39, 0.29) is 23.9 Å². The maximum Gasteiger partial charge on any atom is 0.254 e. The summed E-state index contributed by atoms with van der Waals surface area (Å²) < 4.78 is 10.4. The summed E-state index contributed by atoms with van der Waals surface area (Å²) in [6.07, 6.45) is 5.82. The second-order valence-electron chi connectivity index (χ2n) is 13.5. The number of carbonyl (C=O) groups is 2. The van der Waals surface area contributed by atoms with Crippen molar-refractivity contribution in [3.8, 4) is 28.4 Å². The highest BCUT2D eigenvalue weighted by Crippen LogP contribution is 2.41. The molecule has 3 aromatic carbocycles. The van der Waals surface area contributed by atoms with E-state index in [1.807, 2.05) is 42.3 Å². The van der Waals surface area contributed by atoms with Crippen molar-refractivity contribution in [1.82, 2.24) is 19.0 Å². The topological polar surface area (TPSA) is 98.6 Å². The van der Waals surface area contributed by atoms with E-state index < -0.39 is 0 Å². The second-order valence-corrected chi connectivity index (χ2v) is 13.5. The summed E-state index contributed by atoms with van der Waals surface area (Å²) in [4.78, 5) is 34.8. The number of hydrogen-bond donors (Lipinski definition) is 1. The summed E-state index contributed by atoms with van der Waals surface area (Å²) >= 11 is 0. The Labute approximate surface area is 274 Å². The van der Waals surface area contributed by atoms with Gasteiger partial charge in [0.2, 0.25) is 5.91 Å². The molecular weight excluding hydrogens is 588 g/mol. The Kier molecular flexibility index (Phi) is 6.98. The smallest absolute Gasteiger partial charge is 0.254 e. The molecule has 9 nitrogen and oxygen atoms in total. The van der Waals surface area contributed by atoms with Crippen molar-refractivity contribution in [2.45, 2.75) is 44.3 Å². The highest BCUT2D eigenvalue weighted by Gasteiger charge is 2.47. The first-order chi connectivity index (χ1) is 22.7. The van der Waals surface area contributed by atoms with Crippen molar-refractivity contribution in [3.05, 3.63) is 78.9 Å². The number of benzene rings is 3. The zero-order valence-corrected chi connectivity index (χ0v) is 27.1. The zero-order chi connectivity index (χ0) is 32.6. The first-order valence-electron chi connectivity index (χ1n) is 16.5. The van der Waals surface area contributed by atoms with Gasteiger partial charge in [-0.2, -0.15) is 0 Å². The molecule has 2 bridgehead atoms. The summed E-state index contributed by atoms with van der Waals surface area (Å²) in [7, 11) is 5.43. The van der Waals surface area contributed by atoms with Crippen molar-refractivity contribution in [3.63, 3.8) is 0 Å². The minimum Gasteiger partial charge on any atom is -0.494 e. The van der Waals surface area contributed by atoms with Crippen molar-refractivity contribution in [2.75, 3.05) is 25.6 Å². The Morgan fingerprint density at radius 3 is 2.57 bits per heavy atom. The lowest BCUT2D eigenvalue weighted by molar-refractivity contribution is -0.113. The number of aryl methyl sites for hydroxylation is 1. The number of rotatable bonds is 8. The van der Waals surface area contributed by atoms with Crippen LogP contribution in [0.15, 0.2) is 73.3 Å². The molecule has 2 amide bonds. The number of likely N-dealkylation sites (tertiary alicyclic amines) is 1. The van der Waals surface area contributed by atoms with Gasteiger partial charge in [-0.1, -0.05) is 30.8 Å². The molecule has 2 N–H and O–H groups in total. The molecule has 8 rings (SSSR count). The molecule has 47 heavy (non-hydrogen) atoms. The number of hydrogen-bond acceptors (Lipinski definition) is 5. The van der Waals surface area contributed by atoms with Crippen molar-refractivity contribution in [2.24, 2.45) is 24.6 Å². The summed E-state index contributed by atoms with van der Waals surface area (Å²) in [5.41, 5.74) is 13.7. The van der Waals surface area contributed by atoms with Gasteiger partial charge < -0.3 is 29.4 Å². The number of anilines is 1. The zero-order valence-electron chi connectivity index (χ0n) is 27.1. The molecule has 2 saturated carbocycles. The molecule has 240 valence electrons. The summed E-state index contributed by atoms with van der Waals surface area (Å²) in [5.74, 6) is 2.33. The number of amides is 2. The van der Waals surface area contributed by atoms with Crippen LogP contribution in [0.5, 0.6) is 5.75 Å². The summed E-state index contributed by atoms with van der Waals surface area (Å²) in [6, 6.07) is 20.7. The van der Waals surface area contributed by atoms with Crippen LogP contribution in [0.1, 0.15) is 36.0 Å². The van der Waals surface area contributed by atoms with Gasteiger partial charge in [-0.15, -0.1) is 0 Å². The number of fused-ring (bicyclic) bond motifs is 4. The van der Waals surface area contributed by atoms with Crippen molar-refractivity contribution >= 4 is 39.4 Å². The average Bonchev–Trinajstić information content (AvgIpc) is 3.50. The first kappa shape index (κ1) is 29.5. The Morgan fingerprint density at radius 2 is 1.87 bits per heavy atom. The van der Waals surface area contributed by atoms with E-state index in [2.05, 4.69) is 46.0 Å². The normalized spacial score (nSPS) is 20.3. The molecule has 1 aliphatic heterocycles. The fourth-order valence-electron chi connectivity index (χ4n) is 7.80. The van der Waals surface area contributed by atoms with Gasteiger partial charge in [0.05, 0.1) is 18.3 Å². The van der Waals surface area contributed by atoms with E-state index in [1.165, 1.54) is 18.9 Å². The molecule has 2 aliphatic carbocycles. The number of methoxy groups -OCH3 is 1. The molecule has 2 aromatic heterocycles. The Bertz CT molecular complexity index is 2090. The van der Waals surface area contributed by atoms with E-state index in [0.717, 1.165) is 76.2 Å². The molecule has 5 aromatic rings. The standard InChI is InChI=1S/C38H40N6O3/c1-5-34(45)41(2)28-8-6-7-23(15-28)24-11-12-25-18-32(43(31(25)17-24)20-22-9-10-22)37-40-29-16-27(19-33(47-4)36(29)42(37)3)38(46)44-21-26-13-14-30(44)35(26)39/h5-8,11-12,15-19,22,26,30,35H,1,9-10,13-14,20-21,39H2,2-4H3/t26?,30?,35-/m1/s1. The number of nitrogens with two attached hydrogens (primary N) is 1. The number of ether oxygens (including phenoxy) is 1. The molecule has 3 aliphatic rings. The quantitative estimate of drug-likeness (QED) is 0.213. The molecule has 2 unspecified atom stereocenters. The van der Waals surface area contributed by atoms with Crippen LogP contribution >= 0.6 is 0 Å². The van der Waals surface area contributed by atoms with Gasteiger partial charge in [-0.3, -0.25) is 9.59 Å². The molecule has 3 fully saturated rings. The Hall–Kier alpha value is -4.89. The molecule has 0 radical (unpaired) electrons. The maximum atomic E-state index is 13.8. The van der Waals surface area contributed by atoms with Crippen LogP contribution in [0.2, 0.25) is 0 Å². The van der Waals surface area contributed by atoms with Crippen LogP contribution < -0.4 is 15.4 Å². The number of piperidine rings is 1. The van der Waals surface area contributed by atoms with Crippen molar-refractivity contribution < 1.29 is 14.3 Å². The van der Waals surface area contributed by atoms with E-state index in [4.69, 9.17) is 15.5 Å². The predicted octanol–water partition coefficient (Wildman–Crippen LogP) is 5.99. The molecule has 1 saturated heterocycles. The number of nitrogens with zero attached hydrogens (tertiary/aromatic N) is 5. The SMILES string of the molecule is C=CC(=O)N(C)c1cccc(-c2ccc3cc(-c4nc5cc(C(=O)N6CC7CCC6[C@@H]7N)cc(OC)c5n4C)n(CC4CC4)c3c2)c1. The lowest BCUT2D eigenvalue weighted by Crippen LogP contribution is -2.41. The summed E-state index contributed by atoms with van der Waals surface area (Å²) in [6.45, 7) is 5.25. The van der Waals surface area contributed by atoms with Gasteiger partial charge in [-0.25, -0.2) is 4.98 Å². The fraction of sp³-hybridized carbons (Fsp3) is 0.342. The third-order valence-electron chi connectivity index (χ3n) is 10.7. The Balaban J connectivity index is 1.21.